The molecule has 0 radical (unpaired) electrons. The molecule has 0 aliphatic rings. The molecular weight excluding hydrogens is 266 g/mol. The summed E-state index contributed by atoms with van der Waals surface area (Å²) in [7, 11) is 0. The maximum atomic E-state index is 12.3. The van der Waals surface area contributed by atoms with Crippen LogP contribution < -0.4 is 0 Å². The molecule has 0 bridgehead atoms. The average Bonchev–Trinajstić information content (AvgIpc) is 2.88. The molecule has 2 aromatic rings. The van der Waals surface area contributed by atoms with E-state index in [-0.39, 0.29) is 18.6 Å². The predicted octanol–water partition coefficient (Wildman–Crippen LogP) is 2.11. The van der Waals surface area contributed by atoms with Gasteiger partial charge >= 0.3 is 0 Å². The summed E-state index contributed by atoms with van der Waals surface area (Å²) >= 11 is 0. The third-order valence-corrected chi connectivity index (χ3v) is 3.51. The summed E-state index contributed by atoms with van der Waals surface area (Å²) in [5.41, 5.74) is 1.93. The van der Waals surface area contributed by atoms with Gasteiger partial charge < -0.3 is 15.0 Å². The lowest BCUT2D eigenvalue weighted by atomic mass is 10.2. The van der Waals surface area contributed by atoms with Crippen molar-refractivity contribution in [3.8, 4) is 0 Å². The molecule has 21 heavy (non-hydrogen) atoms. The van der Waals surface area contributed by atoms with Gasteiger partial charge in [-0.25, -0.2) is 4.98 Å². The average molecular weight is 289 g/mol. The molecule has 0 fully saturated rings. The Balaban J connectivity index is 1.95. The summed E-state index contributed by atoms with van der Waals surface area (Å²) in [4.78, 5) is 21.8. The van der Waals surface area contributed by atoms with Crippen LogP contribution in [0.15, 0.2) is 24.3 Å². The molecule has 0 unspecified atom stereocenters. The van der Waals surface area contributed by atoms with Crippen molar-refractivity contribution in [2.24, 2.45) is 0 Å². The quantitative estimate of drug-likeness (QED) is 0.820. The van der Waals surface area contributed by atoms with Gasteiger partial charge in [0.15, 0.2) is 0 Å². The van der Waals surface area contributed by atoms with Crippen LogP contribution in [0.25, 0.3) is 11.0 Å². The van der Waals surface area contributed by atoms with Crippen LogP contribution in [0.2, 0.25) is 0 Å². The molecule has 5 nitrogen and oxygen atoms in total. The predicted molar refractivity (Wildman–Crippen MR) is 83.0 cm³/mol. The maximum absolute atomic E-state index is 12.3. The number of fused-ring (bicyclic) bond motifs is 1. The van der Waals surface area contributed by atoms with Gasteiger partial charge in [-0.3, -0.25) is 4.79 Å². The summed E-state index contributed by atoms with van der Waals surface area (Å²) in [5.74, 6) is 0.953. The number of rotatable bonds is 7. The van der Waals surface area contributed by atoms with Gasteiger partial charge in [0, 0.05) is 32.0 Å². The van der Waals surface area contributed by atoms with Gasteiger partial charge in [-0.15, -0.1) is 0 Å². The first-order chi connectivity index (χ1) is 10.1. The van der Waals surface area contributed by atoms with Crippen LogP contribution in [0.5, 0.6) is 0 Å². The van der Waals surface area contributed by atoms with Gasteiger partial charge in [0.2, 0.25) is 5.91 Å². The highest BCUT2D eigenvalue weighted by Gasteiger charge is 2.16. The van der Waals surface area contributed by atoms with E-state index in [1.807, 2.05) is 43.0 Å². The summed E-state index contributed by atoms with van der Waals surface area (Å²) in [6.45, 7) is 4.71. The zero-order valence-corrected chi connectivity index (χ0v) is 12.7. The Hall–Kier alpha value is -1.88. The van der Waals surface area contributed by atoms with E-state index in [2.05, 4.69) is 9.97 Å². The van der Waals surface area contributed by atoms with Crippen LogP contribution >= 0.6 is 0 Å². The van der Waals surface area contributed by atoms with E-state index in [4.69, 9.17) is 5.11 Å². The highest BCUT2D eigenvalue weighted by Crippen LogP contribution is 2.12. The van der Waals surface area contributed by atoms with Gasteiger partial charge in [0.1, 0.15) is 5.82 Å². The van der Waals surface area contributed by atoms with Crippen LogP contribution in [0, 0.1) is 0 Å². The smallest absolute Gasteiger partial charge is 0.223 e. The highest BCUT2D eigenvalue weighted by atomic mass is 16.3. The first-order valence-corrected chi connectivity index (χ1v) is 7.45. The van der Waals surface area contributed by atoms with Crippen molar-refractivity contribution in [3.05, 3.63) is 30.1 Å². The minimum absolute atomic E-state index is 0.110. The highest BCUT2D eigenvalue weighted by molar-refractivity contribution is 5.77. The number of amides is 1. The van der Waals surface area contributed by atoms with E-state index in [0.29, 0.717) is 25.8 Å². The van der Waals surface area contributed by atoms with Crippen molar-refractivity contribution in [2.75, 3.05) is 13.2 Å². The molecule has 0 aliphatic carbocycles. The number of H-pyrrole nitrogens is 1. The number of hydrogen-bond acceptors (Lipinski definition) is 3. The van der Waals surface area contributed by atoms with Crippen molar-refractivity contribution < 1.29 is 9.90 Å². The number of imidazole rings is 1. The number of aliphatic hydroxyl groups is 1. The molecule has 1 amide bonds. The third-order valence-electron chi connectivity index (χ3n) is 3.51. The Kier molecular flexibility index (Phi) is 5.33. The van der Waals surface area contributed by atoms with Gasteiger partial charge in [0.05, 0.1) is 11.0 Å². The first-order valence-electron chi connectivity index (χ1n) is 7.45. The minimum atomic E-state index is 0.110. The van der Waals surface area contributed by atoms with E-state index in [1.54, 1.807) is 0 Å². The number of nitrogens with zero attached hydrogens (tertiary/aromatic N) is 2. The summed E-state index contributed by atoms with van der Waals surface area (Å²) in [5, 5.41) is 8.91. The number of benzene rings is 1. The topological polar surface area (TPSA) is 69.2 Å². The first kappa shape index (κ1) is 15.5. The van der Waals surface area contributed by atoms with E-state index < -0.39 is 0 Å². The summed E-state index contributed by atoms with van der Waals surface area (Å²) < 4.78 is 0. The minimum Gasteiger partial charge on any atom is -0.396 e. The summed E-state index contributed by atoms with van der Waals surface area (Å²) in [6, 6.07) is 8.01. The van der Waals surface area contributed by atoms with Gasteiger partial charge in [0.25, 0.3) is 0 Å². The molecule has 1 aromatic carbocycles. The number of aryl methyl sites for hydroxylation is 1. The van der Waals surface area contributed by atoms with Crippen molar-refractivity contribution in [1.82, 2.24) is 14.9 Å². The lowest BCUT2D eigenvalue weighted by Crippen LogP contribution is -2.38. The Morgan fingerprint density at radius 1 is 1.38 bits per heavy atom. The molecule has 0 aliphatic heterocycles. The van der Waals surface area contributed by atoms with E-state index in [1.165, 1.54) is 0 Å². The van der Waals surface area contributed by atoms with Crippen molar-refractivity contribution in [3.63, 3.8) is 0 Å². The molecule has 1 aromatic heterocycles. The molecular formula is C16H23N3O2. The maximum Gasteiger partial charge on any atom is 0.223 e. The number of carbonyl (C=O) groups is 1. The Labute approximate surface area is 125 Å². The fourth-order valence-electron chi connectivity index (χ4n) is 2.40. The molecule has 0 saturated carbocycles. The van der Waals surface area contributed by atoms with Crippen molar-refractivity contribution >= 4 is 16.9 Å². The lowest BCUT2D eigenvalue weighted by Gasteiger charge is -2.26. The fraction of sp³-hybridized carbons (Fsp3) is 0.500. The zero-order valence-electron chi connectivity index (χ0n) is 12.7. The standard InChI is InChI=1S/C16H23N3O2/c1-12(2)19(10-5-11-20)16(21)9-8-15-17-13-6-3-4-7-14(13)18-15/h3-4,6-7,12,20H,5,8-11H2,1-2H3,(H,17,18). The number of para-hydroxylation sites is 2. The molecule has 1 heterocycles. The second kappa shape index (κ2) is 7.22. The lowest BCUT2D eigenvalue weighted by molar-refractivity contribution is -0.133. The Morgan fingerprint density at radius 3 is 2.81 bits per heavy atom. The third kappa shape index (κ3) is 4.04. The molecule has 0 atom stereocenters. The van der Waals surface area contributed by atoms with Crippen LogP contribution in [0.3, 0.4) is 0 Å². The normalized spacial score (nSPS) is 11.2. The second-order valence-corrected chi connectivity index (χ2v) is 5.46. The Morgan fingerprint density at radius 2 is 2.14 bits per heavy atom. The van der Waals surface area contributed by atoms with Crippen LogP contribution in [-0.4, -0.2) is 45.1 Å². The summed E-state index contributed by atoms with van der Waals surface area (Å²) in [6.07, 6.45) is 1.66. The Bertz CT molecular complexity index is 559. The van der Waals surface area contributed by atoms with Gasteiger partial charge in [-0.1, -0.05) is 12.1 Å². The zero-order chi connectivity index (χ0) is 15.2. The molecule has 2 rings (SSSR count). The van der Waals surface area contributed by atoms with E-state index in [9.17, 15) is 4.79 Å². The second-order valence-electron chi connectivity index (χ2n) is 5.46. The van der Waals surface area contributed by atoms with E-state index in [0.717, 1.165) is 16.9 Å². The van der Waals surface area contributed by atoms with Crippen LogP contribution in [0.1, 0.15) is 32.5 Å². The number of hydrogen-bond donors (Lipinski definition) is 2. The molecule has 114 valence electrons. The number of aromatic nitrogens is 2. The number of aromatic amines is 1. The monoisotopic (exact) mass is 289 g/mol. The van der Waals surface area contributed by atoms with Gasteiger partial charge in [-0.05, 0) is 32.4 Å². The van der Waals surface area contributed by atoms with Crippen molar-refractivity contribution in [1.29, 1.82) is 0 Å². The van der Waals surface area contributed by atoms with Crippen molar-refractivity contribution in [2.45, 2.75) is 39.2 Å². The van der Waals surface area contributed by atoms with E-state index >= 15 is 0 Å². The van der Waals surface area contributed by atoms with Gasteiger partial charge in [-0.2, -0.15) is 0 Å². The number of nitrogens with one attached hydrogen (secondary N) is 1. The number of carbonyl (C=O) groups excluding carboxylic acids is 1. The number of aliphatic hydroxyl groups excluding tert-OH is 1. The molecule has 0 spiro atoms. The fourth-order valence-corrected chi connectivity index (χ4v) is 2.40. The van der Waals surface area contributed by atoms with Crippen LogP contribution in [0.4, 0.5) is 0 Å². The van der Waals surface area contributed by atoms with Crippen LogP contribution in [-0.2, 0) is 11.2 Å². The SMILES string of the molecule is CC(C)N(CCCO)C(=O)CCc1nc2ccccc2[nH]1. The molecule has 5 heteroatoms. The molecule has 2 N–H and O–H groups in total. The molecule has 0 saturated heterocycles. The largest absolute Gasteiger partial charge is 0.396 e.